The van der Waals surface area contributed by atoms with Crippen LogP contribution in [0.4, 0.5) is 0 Å². The number of nitrogens with one attached hydrogen (secondary N) is 1. The van der Waals surface area contributed by atoms with Gasteiger partial charge >= 0.3 is 0 Å². The van der Waals surface area contributed by atoms with Crippen molar-refractivity contribution in [1.82, 2.24) is 15.3 Å². The molecule has 1 amide bonds. The maximum atomic E-state index is 12.3. The first-order valence-electron chi connectivity index (χ1n) is 7.01. The number of nitrogens with two attached hydrogens (primary N) is 1. The van der Waals surface area contributed by atoms with Crippen LogP contribution < -0.4 is 15.8 Å². The van der Waals surface area contributed by atoms with Gasteiger partial charge in [0.05, 0.1) is 12.6 Å². The molecule has 3 rings (SSSR count). The van der Waals surface area contributed by atoms with E-state index in [2.05, 4.69) is 20.4 Å². The molecule has 0 spiro atoms. The summed E-state index contributed by atoms with van der Waals surface area (Å²) in [6, 6.07) is 6.47. The number of carbonyl (C=O) groups is 1. The number of amides is 1. The summed E-state index contributed by atoms with van der Waals surface area (Å²) >= 11 is 0. The van der Waals surface area contributed by atoms with Gasteiger partial charge in [-0.2, -0.15) is 0 Å². The number of ether oxygens (including phenoxy) is 1. The third-order valence-corrected chi connectivity index (χ3v) is 3.50. The summed E-state index contributed by atoms with van der Waals surface area (Å²) < 4.78 is 5.52. The molecule has 4 N–H and O–H groups in total. The third-order valence-electron chi connectivity index (χ3n) is 3.50. The highest BCUT2D eigenvalue weighted by atomic mass is 16.5. The zero-order valence-electron chi connectivity index (χ0n) is 12.1. The Labute approximate surface area is 132 Å². The van der Waals surface area contributed by atoms with E-state index in [1.807, 2.05) is 6.07 Å². The number of hydrogen-bond acceptors (Lipinski definition) is 6. The van der Waals surface area contributed by atoms with E-state index in [-0.39, 0.29) is 23.5 Å². The molecule has 0 aromatic carbocycles. The lowest BCUT2D eigenvalue weighted by Gasteiger charge is -2.25. The molecule has 0 saturated carbocycles. The molecule has 118 valence electrons. The number of carbonyl (C=O) groups excluding carboxylic acids is 1. The van der Waals surface area contributed by atoms with Gasteiger partial charge in [-0.15, -0.1) is 0 Å². The third kappa shape index (κ3) is 3.05. The fraction of sp³-hybridized carbons (Fsp3) is 0.200. The fourth-order valence-corrected chi connectivity index (χ4v) is 2.32. The van der Waals surface area contributed by atoms with Gasteiger partial charge in [-0.25, -0.2) is 0 Å². The van der Waals surface area contributed by atoms with Gasteiger partial charge in [0.1, 0.15) is 17.1 Å². The number of hydrogen-bond donors (Lipinski definition) is 3. The van der Waals surface area contributed by atoms with Gasteiger partial charge in [0.2, 0.25) is 0 Å². The van der Waals surface area contributed by atoms with Crippen molar-refractivity contribution in [2.45, 2.75) is 12.5 Å². The summed E-state index contributed by atoms with van der Waals surface area (Å²) in [5, 5.41) is 14.4. The maximum Gasteiger partial charge on any atom is 0.270 e. The van der Waals surface area contributed by atoms with E-state index in [9.17, 15) is 4.79 Å². The highest BCUT2D eigenvalue weighted by Gasteiger charge is 2.24. The van der Waals surface area contributed by atoms with Crippen LogP contribution in [0.25, 0.3) is 0 Å². The lowest BCUT2D eigenvalue weighted by atomic mass is 10.1. The van der Waals surface area contributed by atoms with Crippen LogP contribution in [0.15, 0.2) is 41.8 Å². The first kappa shape index (κ1) is 14.8. The zero-order chi connectivity index (χ0) is 16.2. The predicted octanol–water partition coefficient (Wildman–Crippen LogP) is 0.825. The van der Waals surface area contributed by atoms with Crippen molar-refractivity contribution >= 4 is 11.7 Å². The Morgan fingerprint density at radius 1 is 1.39 bits per heavy atom. The van der Waals surface area contributed by atoms with Gasteiger partial charge in [-0.3, -0.25) is 14.8 Å². The Morgan fingerprint density at radius 2 is 2.26 bits per heavy atom. The van der Waals surface area contributed by atoms with Crippen molar-refractivity contribution in [3.8, 4) is 5.75 Å². The molecule has 0 bridgehead atoms. The van der Waals surface area contributed by atoms with Crippen molar-refractivity contribution in [1.29, 1.82) is 0 Å². The second-order valence-corrected chi connectivity index (χ2v) is 4.97. The normalized spacial score (nSPS) is 17.0. The second-order valence-electron chi connectivity index (χ2n) is 4.97. The minimum atomic E-state index is -0.320. The summed E-state index contributed by atoms with van der Waals surface area (Å²) in [7, 11) is 0. The van der Waals surface area contributed by atoms with Crippen molar-refractivity contribution in [2.75, 3.05) is 6.61 Å². The highest BCUT2D eigenvalue weighted by Crippen LogP contribution is 2.29. The number of fused-ring (bicyclic) bond motifs is 1. The Balaban J connectivity index is 1.75. The Morgan fingerprint density at radius 3 is 3.00 bits per heavy atom. The number of pyridine rings is 2. The molecule has 8 heteroatoms. The maximum absolute atomic E-state index is 12.3. The van der Waals surface area contributed by atoms with Gasteiger partial charge in [-0.1, -0.05) is 5.16 Å². The molecule has 0 aliphatic carbocycles. The number of aromatic nitrogens is 2. The minimum absolute atomic E-state index is 0.0629. The summed E-state index contributed by atoms with van der Waals surface area (Å²) in [5.41, 5.74) is 6.84. The van der Waals surface area contributed by atoms with Gasteiger partial charge in [-0.05, 0) is 24.3 Å². The van der Waals surface area contributed by atoms with Crippen LogP contribution in [0.1, 0.15) is 34.2 Å². The first-order valence-corrected chi connectivity index (χ1v) is 7.01. The van der Waals surface area contributed by atoms with Crippen LogP contribution >= 0.6 is 0 Å². The number of rotatable bonds is 3. The van der Waals surface area contributed by atoms with Gasteiger partial charge in [0.25, 0.3) is 5.91 Å². The molecular weight excluding hydrogens is 298 g/mol. The van der Waals surface area contributed by atoms with Crippen LogP contribution in [0.2, 0.25) is 0 Å². The van der Waals surface area contributed by atoms with Gasteiger partial charge < -0.3 is 21.0 Å². The van der Waals surface area contributed by atoms with E-state index in [1.165, 1.54) is 12.3 Å². The molecule has 1 aliphatic heterocycles. The van der Waals surface area contributed by atoms with Crippen LogP contribution in [-0.4, -0.2) is 33.5 Å². The van der Waals surface area contributed by atoms with Crippen LogP contribution in [0.5, 0.6) is 5.75 Å². The highest BCUT2D eigenvalue weighted by molar-refractivity contribution is 5.98. The molecule has 2 aromatic heterocycles. The fourth-order valence-electron chi connectivity index (χ4n) is 2.32. The largest absolute Gasteiger partial charge is 0.491 e. The van der Waals surface area contributed by atoms with Crippen LogP contribution in [0, 0.1) is 0 Å². The Bertz CT molecular complexity index is 745. The van der Waals surface area contributed by atoms with E-state index < -0.39 is 0 Å². The SMILES string of the molecule is N/C(=N\O)c1ccc(C(=O)N[C@@H]2CCOc3cccnc32)nc1. The molecule has 8 nitrogen and oxygen atoms in total. The Hall–Kier alpha value is -3.16. The van der Waals surface area contributed by atoms with E-state index in [0.29, 0.717) is 30.0 Å². The van der Waals surface area contributed by atoms with Gasteiger partial charge in [0, 0.05) is 24.4 Å². The molecule has 3 heterocycles. The molecule has 0 radical (unpaired) electrons. The molecule has 0 fully saturated rings. The average Bonchev–Trinajstić information content (AvgIpc) is 2.61. The lowest BCUT2D eigenvalue weighted by Crippen LogP contribution is -2.33. The average molecular weight is 313 g/mol. The molecule has 23 heavy (non-hydrogen) atoms. The summed E-state index contributed by atoms with van der Waals surface area (Å²) in [6.07, 6.45) is 3.68. The van der Waals surface area contributed by atoms with Crippen LogP contribution in [-0.2, 0) is 0 Å². The topological polar surface area (TPSA) is 123 Å². The zero-order valence-corrected chi connectivity index (χ0v) is 12.1. The summed E-state index contributed by atoms with van der Waals surface area (Å²) in [5.74, 6) is 0.297. The Kier molecular flexibility index (Phi) is 4.05. The van der Waals surface area contributed by atoms with E-state index in [4.69, 9.17) is 15.7 Å². The number of nitrogens with zero attached hydrogens (tertiary/aromatic N) is 3. The summed E-state index contributed by atoms with van der Waals surface area (Å²) in [4.78, 5) is 20.6. The standard InChI is InChI=1S/C15H15N5O3/c16-14(20-22)9-3-4-11(18-8-9)15(21)19-10-5-7-23-12-2-1-6-17-13(10)12/h1-4,6,8,10,22H,5,7H2,(H2,16,20)(H,19,21)/t10-/m1/s1. The van der Waals surface area contributed by atoms with Crippen LogP contribution in [0.3, 0.4) is 0 Å². The van der Waals surface area contributed by atoms with Crippen molar-refractivity contribution in [3.63, 3.8) is 0 Å². The first-order chi connectivity index (χ1) is 11.2. The lowest BCUT2D eigenvalue weighted by molar-refractivity contribution is 0.0918. The molecule has 1 atom stereocenters. The van der Waals surface area contributed by atoms with E-state index in [1.54, 1.807) is 18.3 Å². The predicted molar refractivity (Wildman–Crippen MR) is 81.3 cm³/mol. The van der Waals surface area contributed by atoms with E-state index >= 15 is 0 Å². The quantitative estimate of drug-likeness (QED) is 0.334. The molecule has 1 aliphatic rings. The second kappa shape index (κ2) is 6.30. The van der Waals surface area contributed by atoms with Gasteiger partial charge in [0.15, 0.2) is 5.84 Å². The molecular formula is C15H15N5O3. The smallest absolute Gasteiger partial charge is 0.270 e. The van der Waals surface area contributed by atoms with Crippen molar-refractivity contribution in [2.24, 2.45) is 10.9 Å². The molecule has 0 saturated heterocycles. The monoisotopic (exact) mass is 313 g/mol. The number of oxime groups is 1. The van der Waals surface area contributed by atoms with Crippen molar-refractivity contribution in [3.05, 3.63) is 53.6 Å². The van der Waals surface area contributed by atoms with Crippen molar-refractivity contribution < 1.29 is 14.7 Å². The van der Waals surface area contributed by atoms with E-state index in [0.717, 1.165) is 0 Å². The molecule has 2 aromatic rings. The minimum Gasteiger partial charge on any atom is -0.491 e. The molecule has 0 unspecified atom stereocenters. The number of amidine groups is 1. The summed E-state index contributed by atoms with van der Waals surface area (Å²) in [6.45, 7) is 0.513.